The summed E-state index contributed by atoms with van der Waals surface area (Å²) in [5, 5.41) is 0.994. The molecule has 0 saturated carbocycles. The van der Waals surface area contributed by atoms with Gasteiger partial charge in [0.25, 0.3) is 0 Å². The first-order chi connectivity index (χ1) is 15.4. The lowest BCUT2D eigenvalue weighted by atomic mass is 10.1. The molecule has 1 fully saturated rings. The Hall–Kier alpha value is -2.79. The van der Waals surface area contributed by atoms with Crippen molar-refractivity contribution in [2.24, 2.45) is 0 Å². The fraction of sp³-hybridized carbons (Fsp3) is 0.444. The van der Waals surface area contributed by atoms with E-state index in [0.717, 1.165) is 40.9 Å². The number of fused-ring (bicyclic) bond motifs is 1. The van der Waals surface area contributed by atoms with Crippen molar-refractivity contribution >= 4 is 17.0 Å². The van der Waals surface area contributed by atoms with Gasteiger partial charge in [-0.1, -0.05) is 36.8 Å². The van der Waals surface area contributed by atoms with Gasteiger partial charge in [-0.25, -0.2) is 9.36 Å². The molecule has 0 amide bonds. The number of aromatic nitrogens is 1. The molecule has 5 nitrogen and oxygen atoms in total. The van der Waals surface area contributed by atoms with E-state index < -0.39 is 5.60 Å². The number of piperidine rings is 1. The van der Waals surface area contributed by atoms with Gasteiger partial charge in [-0.3, -0.25) is 0 Å². The number of hydrogen-bond acceptors (Lipinski definition) is 4. The van der Waals surface area contributed by atoms with E-state index in [-0.39, 0.29) is 6.09 Å². The van der Waals surface area contributed by atoms with Crippen LogP contribution in [-0.2, 0) is 4.74 Å². The molecule has 1 saturated heterocycles. The number of hydrogen-bond donors (Lipinski definition) is 0. The maximum atomic E-state index is 13.2. The minimum absolute atomic E-state index is 0.381. The Balaban J connectivity index is 1.58. The Morgan fingerprint density at radius 1 is 0.969 bits per heavy atom. The Kier molecular flexibility index (Phi) is 6.85. The molecule has 1 aliphatic rings. The Labute approximate surface area is 190 Å². The lowest BCUT2D eigenvalue weighted by molar-refractivity contribution is 0.0547. The molecular weight excluding hydrogens is 400 g/mol. The minimum atomic E-state index is -0.579. The number of rotatable bonds is 6. The number of likely N-dealkylation sites (tertiary alicyclic amines) is 1. The average molecular weight is 435 g/mol. The van der Waals surface area contributed by atoms with Crippen LogP contribution < -0.4 is 4.74 Å². The van der Waals surface area contributed by atoms with Crippen molar-refractivity contribution in [2.45, 2.75) is 52.1 Å². The molecule has 1 aromatic heterocycles. The fourth-order valence-electron chi connectivity index (χ4n) is 4.31. The van der Waals surface area contributed by atoms with Gasteiger partial charge in [0, 0.05) is 17.5 Å². The zero-order valence-electron chi connectivity index (χ0n) is 19.5. The van der Waals surface area contributed by atoms with Crippen LogP contribution in [0.1, 0.15) is 46.5 Å². The molecule has 0 N–H and O–H groups in total. The van der Waals surface area contributed by atoms with Crippen LogP contribution in [0.3, 0.4) is 0 Å². The van der Waals surface area contributed by atoms with E-state index in [0.29, 0.717) is 6.61 Å². The van der Waals surface area contributed by atoms with E-state index in [9.17, 15) is 4.79 Å². The highest BCUT2D eigenvalue weighted by atomic mass is 16.6. The highest BCUT2D eigenvalue weighted by Crippen LogP contribution is 2.35. The quantitative estimate of drug-likeness (QED) is 0.424. The summed E-state index contributed by atoms with van der Waals surface area (Å²) >= 11 is 0. The van der Waals surface area contributed by atoms with Gasteiger partial charge in [0.1, 0.15) is 11.4 Å². The van der Waals surface area contributed by atoms with Crippen molar-refractivity contribution in [2.75, 3.05) is 26.2 Å². The van der Waals surface area contributed by atoms with Crippen LogP contribution in [0.4, 0.5) is 4.79 Å². The van der Waals surface area contributed by atoms with Crippen LogP contribution in [0.2, 0.25) is 0 Å². The zero-order valence-corrected chi connectivity index (χ0v) is 19.5. The number of para-hydroxylation sites is 2. The van der Waals surface area contributed by atoms with Gasteiger partial charge in [0.15, 0.2) is 0 Å². The van der Waals surface area contributed by atoms with E-state index in [2.05, 4.69) is 4.90 Å². The predicted molar refractivity (Wildman–Crippen MR) is 129 cm³/mol. The summed E-state index contributed by atoms with van der Waals surface area (Å²) in [5.74, 6) is 0.791. The first-order valence-corrected chi connectivity index (χ1v) is 11.7. The lowest BCUT2D eigenvalue weighted by Gasteiger charge is -2.26. The molecule has 5 heteroatoms. The first-order valence-electron chi connectivity index (χ1n) is 11.7. The maximum Gasteiger partial charge on any atom is 0.419 e. The number of carbonyl (C=O) groups is 1. The number of benzene rings is 2. The molecule has 0 bridgehead atoms. The second kappa shape index (κ2) is 9.78. The Morgan fingerprint density at radius 2 is 1.69 bits per heavy atom. The third kappa shape index (κ3) is 5.33. The smallest absolute Gasteiger partial charge is 0.419 e. The minimum Gasteiger partial charge on any atom is -0.493 e. The number of nitrogens with zero attached hydrogens (tertiary/aromatic N) is 2. The summed E-state index contributed by atoms with van der Waals surface area (Å²) in [7, 11) is 0. The summed E-state index contributed by atoms with van der Waals surface area (Å²) in [6.45, 7) is 9.78. The van der Waals surface area contributed by atoms with Gasteiger partial charge in [-0.15, -0.1) is 0 Å². The summed E-state index contributed by atoms with van der Waals surface area (Å²) in [6.07, 6.45) is 4.57. The normalized spacial score (nSPS) is 15.1. The van der Waals surface area contributed by atoms with Gasteiger partial charge in [-0.05, 0) is 77.4 Å². The van der Waals surface area contributed by atoms with Crippen molar-refractivity contribution in [1.29, 1.82) is 0 Å². The van der Waals surface area contributed by atoms with Gasteiger partial charge >= 0.3 is 6.09 Å². The topological polar surface area (TPSA) is 43.7 Å². The van der Waals surface area contributed by atoms with Gasteiger partial charge in [0.2, 0.25) is 0 Å². The molecule has 0 spiro atoms. The predicted octanol–water partition coefficient (Wildman–Crippen LogP) is 6.35. The van der Waals surface area contributed by atoms with Crippen molar-refractivity contribution in [3.05, 3.63) is 54.6 Å². The van der Waals surface area contributed by atoms with Gasteiger partial charge in [-0.2, -0.15) is 0 Å². The summed E-state index contributed by atoms with van der Waals surface area (Å²) < 4.78 is 13.6. The van der Waals surface area contributed by atoms with Crippen LogP contribution in [0.5, 0.6) is 5.75 Å². The maximum absolute atomic E-state index is 13.2. The number of carbonyl (C=O) groups excluding carboxylic acids is 1. The largest absolute Gasteiger partial charge is 0.493 e. The Bertz CT molecular complexity index is 1060. The molecule has 32 heavy (non-hydrogen) atoms. The highest BCUT2D eigenvalue weighted by molar-refractivity contribution is 5.97. The first kappa shape index (κ1) is 22.4. The molecule has 0 aliphatic carbocycles. The number of ether oxygens (including phenoxy) is 2. The van der Waals surface area contributed by atoms with E-state index in [4.69, 9.17) is 9.47 Å². The van der Waals surface area contributed by atoms with Crippen molar-refractivity contribution in [3.8, 4) is 17.0 Å². The molecular formula is C27H34N2O3. The molecule has 2 aromatic carbocycles. The second-order valence-electron chi connectivity index (χ2n) is 9.50. The molecule has 1 aliphatic heterocycles. The fourth-order valence-corrected chi connectivity index (χ4v) is 4.31. The van der Waals surface area contributed by atoms with E-state index >= 15 is 0 Å². The Morgan fingerprint density at radius 3 is 2.47 bits per heavy atom. The molecule has 3 aromatic rings. The third-order valence-electron chi connectivity index (χ3n) is 5.77. The lowest BCUT2D eigenvalue weighted by Crippen LogP contribution is -2.31. The van der Waals surface area contributed by atoms with Crippen molar-refractivity contribution in [3.63, 3.8) is 0 Å². The summed E-state index contributed by atoms with van der Waals surface area (Å²) in [5.41, 5.74) is 1.93. The third-order valence-corrected chi connectivity index (χ3v) is 5.77. The average Bonchev–Trinajstić information content (AvgIpc) is 3.16. The van der Waals surface area contributed by atoms with Crippen LogP contribution in [-0.4, -0.2) is 47.4 Å². The van der Waals surface area contributed by atoms with Crippen LogP contribution in [0.15, 0.2) is 54.6 Å². The van der Waals surface area contributed by atoms with Gasteiger partial charge < -0.3 is 14.4 Å². The molecule has 4 rings (SSSR count). The SMILES string of the molecule is CC(C)(C)OC(=O)n1c(-c2ccccc2OCCCN2CCCCC2)cc2ccccc21. The molecule has 2 heterocycles. The highest BCUT2D eigenvalue weighted by Gasteiger charge is 2.24. The second-order valence-corrected chi connectivity index (χ2v) is 9.50. The molecule has 0 atom stereocenters. The monoisotopic (exact) mass is 434 g/mol. The van der Waals surface area contributed by atoms with E-state index in [1.54, 1.807) is 4.57 Å². The standard InChI is InChI=1S/C27H34N2O3/c1-27(2,3)32-26(30)29-23-14-7-5-12-21(23)20-24(29)22-13-6-8-15-25(22)31-19-11-18-28-16-9-4-10-17-28/h5-8,12-15,20H,4,9-11,16-19H2,1-3H3. The summed E-state index contributed by atoms with van der Waals surface area (Å²) in [6, 6.07) is 17.9. The van der Waals surface area contributed by atoms with Crippen LogP contribution >= 0.6 is 0 Å². The van der Waals surface area contributed by atoms with Crippen molar-refractivity contribution in [1.82, 2.24) is 9.47 Å². The zero-order chi connectivity index (χ0) is 22.6. The van der Waals surface area contributed by atoms with E-state index in [1.165, 1.54) is 32.4 Å². The molecule has 0 radical (unpaired) electrons. The van der Waals surface area contributed by atoms with Crippen molar-refractivity contribution < 1.29 is 14.3 Å². The summed E-state index contributed by atoms with van der Waals surface area (Å²) in [4.78, 5) is 15.7. The molecule has 170 valence electrons. The molecule has 0 unspecified atom stereocenters. The van der Waals surface area contributed by atoms with Gasteiger partial charge in [0.05, 0.1) is 17.8 Å². The van der Waals surface area contributed by atoms with Crippen LogP contribution in [0.25, 0.3) is 22.2 Å². The van der Waals surface area contributed by atoms with E-state index in [1.807, 2.05) is 75.4 Å². The van der Waals surface area contributed by atoms with Crippen LogP contribution in [0, 0.1) is 0 Å².